The lowest BCUT2D eigenvalue weighted by Gasteiger charge is -2.22. The first-order valence-corrected chi connectivity index (χ1v) is 7.22. The Kier molecular flexibility index (Phi) is 3.93. The van der Waals surface area contributed by atoms with Crippen molar-refractivity contribution in [2.24, 2.45) is 0 Å². The standard InChI is InChI=1S/C12H15BrN6O/c1-20-7-10-17-11-9(3-2-4-19(11)18-10)16-12-14-5-8(13)6-15-12/h5-6,9H,2-4,7H2,1H3,(H,14,15,16)/t9-/m0/s1. The summed E-state index contributed by atoms with van der Waals surface area (Å²) < 4.78 is 7.88. The first kappa shape index (κ1) is 13.4. The van der Waals surface area contributed by atoms with Crippen LogP contribution in [0.5, 0.6) is 0 Å². The van der Waals surface area contributed by atoms with Crippen LogP contribution in [0.15, 0.2) is 16.9 Å². The van der Waals surface area contributed by atoms with E-state index in [-0.39, 0.29) is 6.04 Å². The lowest BCUT2D eigenvalue weighted by molar-refractivity contribution is 0.177. The van der Waals surface area contributed by atoms with Crippen molar-refractivity contribution >= 4 is 21.9 Å². The summed E-state index contributed by atoms with van der Waals surface area (Å²) in [5, 5.41) is 7.75. The fraction of sp³-hybridized carbons (Fsp3) is 0.500. The van der Waals surface area contributed by atoms with E-state index in [1.165, 1.54) is 0 Å². The van der Waals surface area contributed by atoms with E-state index in [2.05, 4.69) is 41.3 Å². The molecule has 3 rings (SSSR count). The van der Waals surface area contributed by atoms with Gasteiger partial charge in [0.2, 0.25) is 5.95 Å². The second kappa shape index (κ2) is 5.84. The molecule has 106 valence electrons. The molecule has 7 nitrogen and oxygen atoms in total. The maximum Gasteiger partial charge on any atom is 0.223 e. The van der Waals surface area contributed by atoms with E-state index in [1.807, 2.05) is 4.68 Å². The number of rotatable bonds is 4. The number of ether oxygens (including phenoxy) is 1. The summed E-state index contributed by atoms with van der Waals surface area (Å²) in [5.74, 6) is 2.24. The van der Waals surface area contributed by atoms with Crippen LogP contribution in [-0.2, 0) is 17.9 Å². The third-order valence-electron chi connectivity index (χ3n) is 3.12. The highest BCUT2D eigenvalue weighted by Gasteiger charge is 2.24. The summed E-state index contributed by atoms with van der Waals surface area (Å²) >= 11 is 3.32. The molecule has 2 aromatic rings. The zero-order valence-corrected chi connectivity index (χ0v) is 12.7. The average molecular weight is 339 g/mol. The van der Waals surface area contributed by atoms with Gasteiger partial charge in [-0.15, -0.1) is 0 Å². The molecule has 1 aliphatic heterocycles. The predicted molar refractivity (Wildman–Crippen MR) is 76.1 cm³/mol. The van der Waals surface area contributed by atoms with Gasteiger partial charge in [-0.2, -0.15) is 5.10 Å². The van der Waals surface area contributed by atoms with Crippen molar-refractivity contribution in [2.75, 3.05) is 12.4 Å². The van der Waals surface area contributed by atoms with Gasteiger partial charge in [0.1, 0.15) is 12.4 Å². The van der Waals surface area contributed by atoms with Gasteiger partial charge in [0.05, 0.1) is 10.5 Å². The fourth-order valence-electron chi connectivity index (χ4n) is 2.27. The minimum absolute atomic E-state index is 0.0861. The van der Waals surface area contributed by atoms with E-state index in [1.54, 1.807) is 19.5 Å². The summed E-state index contributed by atoms with van der Waals surface area (Å²) in [6, 6.07) is 0.0861. The fourth-order valence-corrected chi connectivity index (χ4v) is 2.47. The van der Waals surface area contributed by atoms with E-state index in [0.717, 1.165) is 29.7 Å². The van der Waals surface area contributed by atoms with Crippen LogP contribution in [0, 0.1) is 0 Å². The number of nitrogens with one attached hydrogen (secondary N) is 1. The number of aromatic nitrogens is 5. The number of aryl methyl sites for hydroxylation is 1. The molecule has 8 heteroatoms. The van der Waals surface area contributed by atoms with Crippen molar-refractivity contribution in [3.63, 3.8) is 0 Å². The molecule has 0 bridgehead atoms. The van der Waals surface area contributed by atoms with Gasteiger partial charge in [0.15, 0.2) is 5.82 Å². The monoisotopic (exact) mass is 338 g/mol. The Bertz CT molecular complexity index is 584. The SMILES string of the molecule is COCc1nc2n(n1)CCC[C@@H]2Nc1ncc(Br)cn1. The number of halogens is 1. The molecule has 0 aliphatic carbocycles. The number of hydrogen-bond donors (Lipinski definition) is 1. The van der Waals surface area contributed by atoms with Crippen molar-refractivity contribution in [2.45, 2.75) is 32.0 Å². The first-order valence-electron chi connectivity index (χ1n) is 6.43. The summed E-state index contributed by atoms with van der Waals surface area (Å²) in [4.78, 5) is 13.0. The molecule has 2 aromatic heterocycles. The number of methoxy groups -OCH3 is 1. The van der Waals surface area contributed by atoms with Crippen molar-refractivity contribution in [3.05, 3.63) is 28.5 Å². The molecular weight excluding hydrogens is 324 g/mol. The molecule has 0 saturated carbocycles. The zero-order valence-electron chi connectivity index (χ0n) is 11.1. The third-order valence-corrected chi connectivity index (χ3v) is 3.53. The Labute approximate surface area is 124 Å². The van der Waals surface area contributed by atoms with Gasteiger partial charge in [0.25, 0.3) is 0 Å². The van der Waals surface area contributed by atoms with E-state index in [4.69, 9.17) is 4.74 Å². The summed E-state index contributed by atoms with van der Waals surface area (Å²) in [6.07, 6.45) is 5.49. The second-order valence-corrected chi connectivity index (χ2v) is 5.52. The highest BCUT2D eigenvalue weighted by atomic mass is 79.9. The Balaban J connectivity index is 1.80. The number of hydrogen-bond acceptors (Lipinski definition) is 6. The maximum atomic E-state index is 5.08. The van der Waals surface area contributed by atoms with Crippen LogP contribution in [0.1, 0.15) is 30.5 Å². The van der Waals surface area contributed by atoms with Crippen molar-refractivity contribution < 1.29 is 4.74 Å². The topological polar surface area (TPSA) is 77.8 Å². The van der Waals surface area contributed by atoms with Crippen LogP contribution in [-0.4, -0.2) is 31.8 Å². The van der Waals surface area contributed by atoms with E-state index >= 15 is 0 Å². The second-order valence-electron chi connectivity index (χ2n) is 4.61. The molecule has 20 heavy (non-hydrogen) atoms. The van der Waals surface area contributed by atoms with Crippen molar-refractivity contribution in [1.82, 2.24) is 24.7 Å². The Morgan fingerprint density at radius 1 is 1.45 bits per heavy atom. The summed E-state index contributed by atoms with van der Waals surface area (Å²) in [6.45, 7) is 1.33. The van der Waals surface area contributed by atoms with E-state index in [0.29, 0.717) is 18.4 Å². The molecule has 0 aromatic carbocycles. The van der Waals surface area contributed by atoms with Gasteiger partial charge >= 0.3 is 0 Å². The van der Waals surface area contributed by atoms with Crippen LogP contribution in [0.25, 0.3) is 0 Å². The Morgan fingerprint density at radius 2 is 2.25 bits per heavy atom. The molecule has 0 radical (unpaired) electrons. The van der Waals surface area contributed by atoms with Gasteiger partial charge in [-0.25, -0.2) is 19.6 Å². The van der Waals surface area contributed by atoms with Gasteiger partial charge in [-0.05, 0) is 28.8 Å². The quantitative estimate of drug-likeness (QED) is 0.917. The lowest BCUT2D eigenvalue weighted by Crippen LogP contribution is -2.23. The molecule has 0 spiro atoms. The molecule has 0 unspecified atom stereocenters. The van der Waals surface area contributed by atoms with E-state index in [9.17, 15) is 0 Å². The Hall–Kier alpha value is -1.54. The van der Waals surface area contributed by atoms with Crippen LogP contribution in [0.2, 0.25) is 0 Å². The average Bonchev–Trinajstić information content (AvgIpc) is 2.85. The third kappa shape index (κ3) is 2.80. The molecule has 1 N–H and O–H groups in total. The zero-order chi connectivity index (χ0) is 13.9. The van der Waals surface area contributed by atoms with Gasteiger partial charge in [0, 0.05) is 26.0 Å². The van der Waals surface area contributed by atoms with Gasteiger partial charge in [-0.3, -0.25) is 0 Å². The summed E-state index contributed by atoms with van der Waals surface area (Å²) in [7, 11) is 1.64. The molecule has 1 aliphatic rings. The Morgan fingerprint density at radius 3 is 3.00 bits per heavy atom. The smallest absolute Gasteiger partial charge is 0.223 e. The molecule has 0 amide bonds. The van der Waals surface area contributed by atoms with E-state index < -0.39 is 0 Å². The van der Waals surface area contributed by atoms with Crippen LogP contribution >= 0.6 is 15.9 Å². The first-order chi connectivity index (χ1) is 9.76. The minimum atomic E-state index is 0.0861. The largest absolute Gasteiger partial charge is 0.377 e. The number of fused-ring (bicyclic) bond motifs is 1. The summed E-state index contributed by atoms with van der Waals surface area (Å²) in [5.41, 5.74) is 0. The minimum Gasteiger partial charge on any atom is -0.377 e. The molecular formula is C12H15BrN6O. The predicted octanol–water partition coefficient (Wildman–Crippen LogP) is 1.92. The maximum absolute atomic E-state index is 5.08. The molecule has 0 saturated heterocycles. The van der Waals surface area contributed by atoms with Crippen LogP contribution < -0.4 is 5.32 Å². The van der Waals surface area contributed by atoms with Crippen LogP contribution in [0.3, 0.4) is 0 Å². The molecule has 1 atom stereocenters. The highest BCUT2D eigenvalue weighted by molar-refractivity contribution is 9.10. The highest BCUT2D eigenvalue weighted by Crippen LogP contribution is 2.26. The van der Waals surface area contributed by atoms with Crippen molar-refractivity contribution in [3.8, 4) is 0 Å². The number of nitrogens with zero attached hydrogens (tertiary/aromatic N) is 5. The molecule has 0 fully saturated rings. The van der Waals surface area contributed by atoms with Crippen LogP contribution in [0.4, 0.5) is 5.95 Å². The lowest BCUT2D eigenvalue weighted by atomic mass is 10.1. The molecule has 3 heterocycles. The van der Waals surface area contributed by atoms with Gasteiger partial charge < -0.3 is 10.1 Å². The van der Waals surface area contributed by atoms with Crippen molar-refractivity contribution in [1.29, 1.82) is 0 Å². The normalized spacial score (nSPS) is 17.8. The number of anilines is 1. The van der Waals surface area contributed by atoms with Gasteiger partial charge in [-0.1, -0.05) is 0 Å².